The monoisotopic (exact) mass is 456 g/mol. The highest BCUT2D eigenvalue weighted by Crippen LogP contribution is 2.32. The third-order valence-electron chi connectivity index (χ3n) is 4.52. The van der Waals surface area contributed by atoms with Gasteiger partial charge >= 0.3 is 6.61 Å². The van der Waals surface area contributed by atoms with E-state index in [9.17, 15) is 13.6 Å². The number of nitrogens with zero attached hydrogens (tertiary/aromatic N) is 1. The van der Waals surface area contributed by atoms with Crippen LogP contribution in [0.15, 0.2) is 76.4 Å². The summed E-state index contributed by atoms with van der Waals surface area (Å²) in [6.07, 6.45) is 0. The minimum Gasteiger partial charge on any atom is -0.493 e. The van der Waals surface area contributed by atoms with Gasteiger partial charge < -0.3 is 19.2 Å². The molecule has 0 atom stereocenters. The number of halogens is 2. The number of anilines is 1. The lowest BCUT2D eigenvalue weighted by Crippen LogP contribution is -2.14. The van der Waals surface area contributed by atoms with Crippen molar-refractivity contribution in [3.05, 3.63) is 77.9 Å². The molecule has 0 saturated heterocycles. The lowest BCUT2D eigenvalue weighted by molar-refractivity contribution is -0.0511. The van der Waals surface area contributed by atoms with Crippen molar-refractivity contribution in [3.8, 4) is 11.5 Å². The number of aromatic nitrogens is 1. The Hall–Kier alpha value is -3.59. The third-order valence-corrected chi connectivity index (χ3v) is 5.40. The molecule has 4 rings (SSSR count). The quantitative estimate of drug-likeness (QED) is 0.329. The second-order valence-corrected chi connectivity index (χ2v) is 7.52. The standard InChI is InChI=1S/C23H18F2N2O4S/c1-29-19-11-10-15(12-20(19)30-22(24)25)26-21(28)16-7-3-2-6-14(16)13-32-23-27-17-8-4-5-9-18(17)31-23/h2-12,22H,13H2,1H3,(H,26,28). The Balaban J connectivity index is 1.50. The molecule has 0 unspecified atom stereocenters. The molecule has 0 saturated carbocycles. The van der Waals surface area contributed by atoms with Crippen molar-refractivity contribution in [2.45, 2.75) is 17.6 Å². The van der Waals surface area contributed by atoms with Crippen molar-refractivity contribution in [1.82, 2.24) is 4.98 Å². The van der Waals surface area contributed by atoms with Crippen LogP contribution in [-0.2, 0) is 5.75 Å². The fourth-order valence-corrected chi connectivity index (χ4v) is 3.90. The van der Waals surface area contributed by atoms with Gasteiger partial charge in [0.1, 0.15) is 5.52 Å². The Labute approximate surface area is 186 Å². The summed E-state index contributed by atoms with van der Waals surface area (Å²) in [7, 11) is 1.34. The fourth-order valence-electron chi connectivity index (χ4n) is 3.06. The molecule has 9 heteroatoms. The number of benzene rings is 3. The number of hydrogen-bond acceptors (Lipinski definition) is 6. The first-order valence-electron chi connectivity index (χ1n) is 9.54. The molecule has 0 aliphatic rings. The average molecular weight is 456 g/mol. The fraction of sp³-hybridized carbons (Fsp3) is 0.130. The van der Waals surface area contributed by atoms with Crippen molar-refractivity contribution in [2.75, 3.05) is 12.4 Å². The molecule has 0 fully saturated rings. The summed E-state index contributed by atoms with van der Waals surface area (Å²) in [5.74, 6) is 0.0455. The number of rotatable bonds is 8. The van der Waals surface area contributed by atoms with Crippen LogP contribution in [0.2, 0.25) is 0 Å². The van der Waals surface area contributed by atoms with Crippen LogP contribution >= 0.6 is 11.8 Å². The minimum atomic E-state index is -3.01. The van der Waals surface area contributed by atoms with E-state index in [-0.39, 0.29) is 17.4 Å². The molecular formula is C23H18F2N2O4S. The molecule has 32 heavy (non-hydrogen) atoms. The number of nitrogens with one attached hydrogen (secondary N) is 1. The maximum atomic E-state index is 12.9. The number of carbonyl (C=O) groups is 1. The number of para-hydroxylation sites is 2. The van der Waals surface area contributed by atoms with E-state index in [2.05, 4.69) is 15.0 Å². The Morgan fingerprint density at radius 3 is 2.66 bits per heavy atom. The van der Waals surface area contributed by atoms with Gasteiger partial charge in [-0.25, -0.2) is 4.98 Å². The van der Waals surface area contributed by atoms with E-state index in [1.807, 2.05) is 36.4 Å². The van der Waals surface area contributed by atoms with Gasteiger partial charge in [0.15, 0.2) is 17.1 Å². The first-order chi connectivity index (χ1) is 15.5. The van der Waals surface area contributed by atoms with Gasteiger partial charge in [-0.2, -0.15) is 8.78 Å². The Morgan fingerprint density at radius 1 is 1.09 bits per heavy atom. The number of methoxy groups -OCH3 is 1. The summed E-state index contributed by atoms with van der Waals surface area (Å²) in [5.41, 5.74) is 2.98. The van der Waals surface area contributed by atoms with Crippen LogP contribution < -0.4 is 14.8 Å². The minimum absolute atomic E-state index is 0.137. The van der Waals surface area contributed by atoms with E-state index < -0.39 is 6.61 Å². The third kappa shape index (κ3) is 5.00. The number of amides is 1. The summed E-state index contributed by atoms with van der Waals surface area (Å²) < 4.78 is 40.5. The normalized spacial score (nSPS) is 11.0. The van der Waals surface area contributed by atoms with Crippen LogP contribution in [-0.4, -0.2) is 24.6 Å². The van der Waals surface area contributed by atoms with Gasteiger partial charge in [-0.3, -0.25) is 4.79 Å². The molecule has 3 aromatic carbocycles. The van der Waals surface area contributed by atoms with Crippen molar-refractivity contribution >= 4 is 34.5 Å². The van der Waals surface area contributed by atoms with Crippen LogP contribution in [0.25, 0.3) is 11.1 Å². The number of oxazole rings is 1. The van der Waals surface area contributed by atoms with Gasteiger partial charge in [-0.05, 0) is 35.9 Å². The summed E-state index contributed by atoms with van der Waals surface area (Å²) in [6.45, 7) is -3.01. The summed E-state index contributed by atoms with van der Waals surface area (Å²) >= 11 is 1.37. The highest BCUT2D eigenvalue weighted by atomic mass is 32.2. The first-order valence-corrected chi connectivity index (χ1v) is 10.5. The molecule has 0 bridgehead atoms. The van der Waals surface area contributed by atoms with E-state index in [0.29, 0.717) is 27.8 Å². The second kappa shape index (κ2) is 9.69. The summed E-state index contributed by atoms with van der Waals surface area (Å²) in [6, 6.07) is 18.9. The van der Waals surface area contributed by atoms with Gasteiger partial charge in [0.25, 0.3) is 11.1 Å². The Kier molecular flexibility index (Phi) is 6.55. The number of thioether (sulfide) groups is 1. The van der Waals surface area contributed by atoms with Crippen LogP contribution in [0.1, 0.15) is 15.9 Å². The van der Waals surface area contributed by atoms with Gasteiger partial charge in [0.05, 0.1) is 7.11 Å². The molecular weight excluding hydrogens is 438 g/mol. The number of alkyl halides is 2. The van der Waals surface area contributed by atoms with Crippen molar-refractivity contribution in [3.63, 3.8) is 0 Å². The van der Waals surface area contributed by atoms with E-state index in [1.165, 1.54) is 31.0 Å². The number of hydrogen-bond donors (Lipinski definition) is 1. The van der Waals surface area contributed by atoms with Gasteiger partial charge in [-0.15, -0.1) is 0 Å². The Morgan fingerprint density at radius 2 is 1.88 bits per heavy atom. The molecule has 0 radical (unpaired) electrons. The van der Waals surface area contributed by atoms with Crippen molar-refractivity contribution in [1.29, 1.82) is 0 Å². The molecule has 0 aliphatic carbocycles. The first kappa shape index (κ1) is 21.6. The molecule has 1 N–H and O–H groups in total. The molecule has 0 spiro atoms. The zero-order valence-corrected chi connectivity index (χ0v) is 17.7. The topological polar surface area (TPSA) is 73.6 Å². The SMILES string of the molecule is COc1ccc(NC(=O)c2ccccc2CSc2nc3ccccc3o2)cc1OC(F)F. The van der Waals surface area contributed by atoms with Crippen molar-refractivity contribution in [2.24, 2.45) is 0 Å². The van der Waals surface area contributed by atoms with E-state index >= 15 is 0 Å². The zero-order valence-electron chi connectivity index (χ0n) is 16.9. The molecule has 164 valence electrons. The van der Waals surface area contributed by atoms with Crippen LogP contribution in [0.3, 0.4) is 0 Å². The van der Waals surface area contributed by atoms with E-state index in [1.54, 1.807) is 18.2 Å². The second-order valence-electron chi connectivity index (χ2n) is 6.59. The highest BCUT2D eigenvalue weighted by Gasteiger charge is 2.16. The summed E-state index contributed by atoms with van der Waals surface area (Å²) in [4.78, 5) is 17.3. The van der Waals surface area contributed by atoms with Gasteiger partial charge in [0, 0.05) is 23.1 Å². The van der Waals surface area contributed by atoms with Gasteiger partial charge in [0.2, 0.25) is 0 Å². The molecule has 0 aliphatic heterocycles. The highest BCUT2D eigenvalue weighted by molar-refractivity contribution is 7.98. The predicted octanol–water partition coefficient (Wildman–Crippen LogP) is 5.98. The van der Waals surface area contributed by atoms with Crippen LogP contribution in [0.4, 0.5) is 14.5 Å². The number of carbonyl (C=O) groups excluding carboxylic acids is 1. The van der Waals surface area contributed by atoms with E-state index in [0.717, 1.165) is 11.1 Å². The average Bonchev–Trinajstić information content (AvgIpc) is 3.21. The zero-order chi connectivity index (χ0) is 22.5. The Bertz CT molecular complexity index is 1210. The number of ether oxygens (including phenoxy) is 2. The molecule has 1 aromatic heterocycles. The maximum absolute atomic E-state index is 12.9. The van der Waals surface area contributed by atoms with Crippen LogP contribution in [0, 0.1) is 0 Å². The lowest BCUT2D eigenvalue weighted by Gasteiger charge is -2.13. The van der Waals surface area contributed by atoms with Crippen molar-refractivity contribution < 1.29 is 27.5 Å². The predicted molar refractivity (Wildman–Crippen MR) is 118 cm³/mol. The molecule has 1 heterocycles. The molecule has 6 nitrogen and oxygen atoms in total. The summed E-state index contributed by atoms with van der Waals surface area (Å²) in [5, 5.41) is 3.22. The molecule has 4 aromatic rings. The largest absolute Gasteiger partial charge is 0.493 e. The maximum Gasteiger partial charge on any atom is 0.387 e. The number of fused-ring (bicyclic) bond motifs is 1. The molecule has 1 amide bonds. The van der Waals surface area contributed by atoms with E-state index in [4.69, 9.17) is 9.15 Å². The smallest absolute Gasteiger partial charge is 0.387 e. The van der Waals surface area contributed by atoms with Crippen LogP contribution in [0.5, 0.6) is 11.5 Å². The lowest BCUT2D eigenvalue weighted by atomic mass is 10.1. The van der Waals surface area contributed by atoms with Gasteiger partial charge in [-0.1, -0.05) is 42.1 Å².